The van der Waals surface area contributed by atoms with Crippen LogP contribution in [0.5, 0.6) is 0 Å². The molecule has 0 aliphatic carbocycles. The summed E-state index contributed by atoms with van der Waals surface area (Å²) in [5, 5.41) is 8.01. The summed E-state index contributed by atoms with van der Waals surface area (Å²) in [6.07, 6.45) is 3.85. The van der Waals surface area contributed by atoms with Gasteiger partial charge in [-0.15, -0.1) is 11.3 Å². The lowest BCUT2D eigenvalue weighted by Gasteiger charge is -2.34. The van der Waals surface area contributed by atoms with Gasteiger partial charge in [0.15, 0.2) is 5.78 Å². The Morgan fingerprint density at radius 2 is 1.64 bits per heavy atom. The van der Waals surface area contributed by atoms with Gasteiger partial charge in [-0.3, -0.25) is 57.9 Å². The van der Waals surface area contributed by atoms with Crippen molar-refractivity contribution in [3.8, 4) is 11.8 Å². The van der Waals surface area contributed by atoms with Crippen molar-refractivity contribution in [2.45, 2.75) is 126 Å². The fourth-order valence-electron chi connectivity index (χ4n) is 12.0. The number of hydrogen-bond donors (Lipinski definition) is 6. The highest BCUT2D eigenvalue weighted by Gasteiger charge is 2.51. The average Bonchev–Trinajstić information content (AvgIpc) is 3.19. The lowest BCUT2D eigenvalue weighted by molar-refractivity contribution is -0.137. The SMILES string of the molecule is NC(=O)CC[C@H](NC(=O)[C@@H]1Cc2cccc3c2N1C(=O)[C@@H](NC(=O)c1cc2cc(C(F)(F)P(=O)(O)O)ccc2s1)CC3)C(=O)C[C@H](C(=O)N1CCC(CCCC#Cc2cccc3c2CN(C2CCC(=O)NC2=O)C3=O)CC1)c1ccccc1. The zero-order chi connectivity index (χ0) is 58.9. The normalized spacial score (nSPS) is 19.7. The second-order valence-electron chi connectivity index (χ2n) is 21.8. The second-order valence-corrected chi connectivity index (χ2v) is 24.5. The van der Waals surface area contributed by atoms with Gasteiger partial charge in [0.25, 0.3) is 11.8 Å². The minimum absolute atomic E-state index is 0.0306. The van der Waals surface area contributed by atoms with Crippen LogP contribution in [0.15, 0.2) is 91.0 Å². The number of thiophene rings is 1. The number of fused-ring (bicyclic) bond motifs is 2. The number of rotatable bonds is 18. The molecule has 2 saturated heterocycles. The van der Waals surface area contributed by atoms with Crippen LogP contribution in [0.2, 0.25) is 0 Å². The number of aryl methyl sites for hydroxylation is 1. The molecule has 432 valence electrons. The fraction of sp³-hybridized carbons (Fsp3) is 0.383. The van der Waals surface area contributed by atoms with Gasteiger partial charge in [0.2, 0.25) is 35.4 Å². The van der Waals surface area contributed by atoms with Gasteiger partial charge in [-0.05, 0) is 115 Å². The zero-order valence-corrected chi connectivity index (χ0v) is 46.7. The van der Waals surface area contributed by atoms with Crippen LogP contribution in [-0.2, 0) is 63.2 Å². The molecule has 0 spiro atoms. The largest absolute Gasteiger partial charge is 0.399 e. The van der Waals surface area contributed by atoms with Crippen molar-refractivity contribution >= 4 is 87.7 Å². The number of piperidine rings is 2. The first-order chi connectivity index (χ1) is 39.7. The number of primary amides is 1. The summed E-state index contributed by atoms with van der Waals surface area (Å²) in [5.41, 5.74) is 4.65. The fourth-order valence-corrected chi connectivity index (χ4v) is 13.4. The Kier molecular flexibility index (Phi) is 16.9. The molecular weight excluding hydrogens is 1110 g/mol. The molecule has 4 aromatic carbocycles. The van der Waals surface area contributed by atoms with Gasteiger partial charge in [-0.2, -0.15) is 8.78 Å². The Morgan fingerprint density at radius 3 is 2.37 bits per heavy atom. The molecule has 8 amide bonds. The third kappa shape index (κ3) is 12.3. The Morgan fingerprint density at radius 1 is 0.892 bits per heavy atom. The van der Waals surface area contributed by atoms with Gasteiger partial charge >= 0.3 is 13.3 Å². The molecule has 2 fully saturated rings. The van der Waals surface area contributed by atoms with Crippen LogP contribution in [0, 0.1) is 17.8 Å². The summed E-state index contributed by atoms with van der Waals surface area (Å²) < 4.78 is 41.1. The number of carbonyl (C=O) groups is 9. The van der Waals surface area contributed by atoms with E-state index in [0.29, 0.717) is 58.9 Å². The van der Waals surface area contributed by atoms with E-state index in [1.54, 1.807) is 59.5 Å². The monoisotopic (exact) mass is 1170 g/mol. The lowest BCUT2D eigenvalue weighted by Crippen LogP contribution is -2.56. The van der Waals surface area contributed by atoms with Crippen LogP contribution < -0.4 is 26.6 Å². The number of para-hydroxylation sites is 1. The number of unbranched alkanes of at least 4 members (excludes halogenated alkanes) is 1. The smallest absolute Gasteiger partial charge is 0.370 e. The van der Waals surface area contributed by atoms with Crippen molar-refractivity contribution in [1.82, 2.24) is 25.8 Å². The molecule has 6 heterocycles. The summed E-state index contributed by atoms with van der Waals surface area (Å²) in [4.78, 5) is 145. The van der Waals surface area contributed by atoms with E-state index < -0.39 is 84.2 Å². The number of halogens is 2. The van der Waals surface area contributed by atoms with E-state index in [-0.39, 0.29) is 79.5 Å². The first kappa shape index (κ1) is 58.2. The third-order valence-electron chi connectivity index (χ3n) is 16.4. The van der Waals surface area contributed by atoms with Gasteiger partial charge in [-0.1, -0.05) is 72.5 Å². The summed E-state index contributed by atoms with van der Waals surface area (Å²) in [6.45, 7) is 1.13. The molecular formula is C60H60F2N7O12PS. The van der Waals surface area contributed by atoms with Gasteiger partial charge in [0, 0.05) is 73.1 Å². The first-order valence-corrected chi connectivity index (χ1v) is 30.0. The molecule has 1 aromatic heterocycles. The molecule has 5 aliphatic heterocycles. The topological polar surface area (TPSA) is 283 Å². The number of hydrogen-bond acceptors (Lipinski definition) is 11. The Hall–Kier alpha value is -7.96. The number of alkyl halides is 2. The molecule has 7 N–H and O–H groups in total. The summed E-state index contributed by atoms with van der Waals surface area (Å²) >= 11 is 0.922. The number of likely N-dealkylation sites (tertiary alicyclic amines) is 1. The van der Waals surface area contributed by atoms with E-state index in [2.05, 4.69) is 27.8 Å². The number of amides is 8. The highest BCUT2D eigenvalue weighted by atomic mass is 32.1. The first-order valence-electron chi connectivity index (χ1n) is 27.6. The van der Waals surface area contributed by atoms with Crippen LogP contribution in [0.3, 0.4) is 0 Å². The molecule has 83 heavy (non-hydrogen) atoms. The number of anilines is 1. The van der Waals surface area contributed by atoms with Crippen LogP contribution in [0.25, 0.3) is 10.1 Å². The van der Waals surface area contributed by atoms with Crippen molar-refractivity contribution in [2.24, 2.45) is 11.7 Å². The predicted molar refractivity (Wildman–Crippen MR) is 300 cm³/mol. The molecule has 19 nitrogen and oxygen atoms in total. The number of nitrogens with one attached hydrogen (secondary N) is 3. The number of carbonyl (C=O) groups excluding carboxylic acids is 9. The minimum atomic E-state index is -5.87. The van der Waals surface area contributed by atoms with Crippen molar-refractivity contribution in [3.63, 3.8) is 0 Å². The standard InChI is InChI=1S/C60H60F2N7O12PS/c61-60(62,82(79,80)81)40-18-22-49-39(29-40)31-50(83-49)56(75)65-45-19-17-37-14-7-15-38-30-47(69(53(37)38)59(45)78)55(74)64-44(20-23-51(63)71)48(70)32-42(35-10-5-2-6-11-35)57(76)67-27-25-34(26-28-67)9-3-1-4-12-36-13-8-16-41-43(36)33-68(58(41)77)46-21-24-52(72)66-54(46)73/h2,5-8,10-11,13-16,18,22,29,31,34,42,44-47H,1,3,9,17,19-21,23-28,30,32-33H2,(H2,63,71)(H,64,74)(H,65,75)(H,66,72,73)(H2,79,80,81)/t42-,44-,45-,46?,47-/m0/s1. The molecule has 0 radical (unpaired) electrons. The van der Waals surface area contributed by atoms with Crippen LogP contribution in [0.1, 0.15) is 130 Å². The predicted octanol–water partition coefficient (Wildman–Crippen LogP) is 5.85. The molecule has 5 aliphatic rings. The van der Waals surface area contributed by atoms with Crippen molar-refractivity contribution in [1.29, 1.82) is 0 Å². The maximum Gasteiger partial charge on any atom is 0.399 e. The van der Waals surface area contributed by atoms with E-state index in [9.17, 15) is 66.3 Å². The van der Waals surface area contributed by atoms with Crippen molar-refractivity contribution in [3.05, 3.63) is 135 Å². The number of Topliss-reactive ketones (excluding diaryl/α,β-unsaturated/α-hetero) is 1. The maximum absolute atomic E-state index is 14.7. The van der Waals surface area contributed by atoms with E-state index in [0.717, 1.165) is 65.8 Å². The average molecular weight is 1170 g/mol. The Balaban J connectivity index is 0.773. The number of nitrogens with two attached hydrogens (primary N) is 1. The zero-order valence-electron chi connectivity index (χ0n) is 44.9. The van der Waals surface area contributed by atoms with E-state index >= 15 is 0 Å². The van der Waals surface area contributed by atoms with Gasteiger partial charge in [0.05, 0.1) is 22.5 Å². The van der Waals surface area contributed by atoms with Crippen LogP contribution in [-0.4, -0.2) is 110 Å². The van der Waals surface area contributed by atoms with E-state index in [4.69, 9.17) is 5.73 Å². The second kappa shape index (κ2) is 24.1. The van der Waals surface area contributed by atoms with Crippen molar-refractivity contribution in [2.75, 3.05) is 18.0 Å². The molecule has 5 aromatic rings. The molecule has 10 rings (SSSR count). The highest BCUT2D eigenvalue weighted by Crippen LogP contribution is 2.59. The number of nitrogens with zero attached hydrogens (tertiary/aromatic N) is 3. The quantitative estimate of drug-likeness (QED) is 0.0261. The molecule has 0 saturated carbocycles. The summed E-state index contributed by atoms with van der Waals surface area (Å²) in [5.74, 6) is 1.21. The highest BCUT2D eigenvalue weighted by molar-refractivity contribution is 7.52. The van der Waals surface area contributed by atoms with Gasteiger partial charge in [0.1, 0.15) is 18.1 Å². The maximum atomic E-state index is 14.7. The Bertz CT molecular complexity index is 3590. The number of imide groups is 1. The number of benzene rings is 4. The Labute approximate surface area is 479 Å². The summed E-state index contributed by atoms with van der Waals surface area (Å²) in [7, 11) is -5.87. The van der Waals surface area contributed by atoms with Crippen LogP contribution >= 0.6 is 18.9 Å². The van der Waals surface area contributed by atoms with Gasteiger partial charge < -0.3 is 36.0 Å². The summed E-state index contributed by atoms with van der Waals surface area (Å²) in [6, 6.07) is 19.5. The molecule has 23 heteroatoms. The van der Waals surface area contributed by atoms with E-state index in [1.807, 2.05) is 12.1 Å². The minimum Gasteiger partial charge on any atom is -0.370 e. The number of ketones is 1. The van der Waals surface area contributed by atoms with Crippen LogP contribution in [0.4, 0.5) is 14.5 Å². The van der Waals surface area contributed by atoms with E-state index in [1.165, 1.54) is 21.9 Å². The molecule has 5 atom stereocenters. The molecule has 0 bridgehead atoms. The van der Waals surface area contributed by atoms with Gasteiger partial charge in [-0.25, -0.2) is 0 Å². The lowest BCUT2D eigenvalue weighted by atomic mass is 9.87. The third-order valence-corrected chi connectivity index (χ3v) is 18.5. The van der Waals surface area contributed by atoms with Crippen molar-refractivity contribution < 1.29 is 66.3 Å². The molecule has 1 unspecified atom stereocenters.